The van der Waals surface area contributed by atoms with Crippen LogP contribution in [0.1, 0.15) is 24.0 Å². The van der Waals surface area contributed by atoms with Crippen LogP contribution in [0, 0.1) is 0 Å². The van der Waals surface area contributed by atoms with Gasteiger partial charge in [0.25, 0.3) is 0 Å². The molecule has 1 heteroatoms. The quantitative estimate of drug-likeness (QED) is 0.792. The highest BCUT2D eigenvalue weighted by atomic mass is 15.0. The van der Waals surface area contributed by atoms with Crippen LogP contribution >= 0.6 is 0 Å². The molecule has 0 amide bonds. The lowest BCUT2D eigenvalue weighted by molar-refractivity contribution is 0.417. The number of rotatable bonds is 3. The zero-order valence-electron chi connectivity index (χ0n) is 13.0. The van der Waals surface area contributed by atoms with E-state index in [4.69, 9.17) is 0 Å². The maximum Gasteiger partial charge on any atom is 0.00101 e. The van der Waals surface area contributed by atoms with Crippen molar-refractivity contribution in [2.24, 2.45) is 0 Å². The van der Waals surface area contributed by atoms with Crippen LogP contribution in [0.4, 0.5) is 0 Å². The lowest BCUT2D eigenvalue weighted by Gasteiger charge is -2.17. The minimum absolute atomic E-state index is 1.04. The van der Waals surface area contributed by atoms with Gasteiger partial charge in [-0.3, -0.25) is 0 Å². The zero-order valence-corrected chi connectivity index (χ0v) is 13.0. The molecular weight excluding hydrogens is 254 g/mol. The second kappa shape index (κ2) is 6.28. The Labute approximate surface area is 128 Å². The number of fused-ring (bicyclic) bond motifs is 2. The minimum atomic E-state index is 1.04. The topological polar surface area (TPSA) is 3.24 Å². The molecule has 0 heterocycles. The first-order chi connectivity index (χ1) is 10.3. The molecule has 0 saturated carbocycles. The SMILES string of the molecule is CN(C)CCC=C1C2=CC=CCC2=CCc2ccccc21. The lowest BCUT2D eigenvalue weighted by Crippen LogP contribution is -2.12. The first-order valence-corrected chi connectivity index (χ1v) is 7.75. The summed E-state index contributed by atoms with van der Waals surface area (Å²) in [5.74, 6) is 0. The molecule has 0 fully saturated rings. The van der Waals surface area contributed by atoms with Crippen molar-refractivity contribution in [1.82, 2.24) is 4.90 Å². The summed E-state index contributed by atoms with van der Waals surface area (Å²) >= 11 is 0. The third kappa shape index (κ3) is 3.08. The number of hydrogen-bond acceptors (Lipinski definition) is 1. The highest BCUT2D eigenvalue weighted by Crippen LogP contribution is 2.37. The summed E-state index contributed by atoms with van der Waals surface area (Å²) in [6.07, 6.45) is 14.7. The van der Waals surface area contributed by atoms with Gasteiger partial charge in [-0.15, -0.1) is 0 Å². The summed E-state index contributed by atoms with van der Waals surface area (Å²) in [7, 11) is 4.26. The van der Waals surface area contributed by atoms with Crippen molar-refractivity contribution in [2.75, 3.05) is 20.6 Å². The molecule has 0 atom stereocenters. The van der Waals surface area contributed by atoms with E-state index < -0.39 is 0 Å². The summed E-state index contributed by atoms with van der Waals surface area (Å²) < 4.78 is 0. The van der Waals surface area contributed by atoms with Gasteiger partial charge in [0.05, 0.1) is 0 Å². The van der Waals surface area contributed by atoms with Crippen molar-refractivity contribution in [3.63, 3.8) is 0 Å². The molecule has 0 aromatic heterocycles. The van der Waals surface area contributed by atoms with E-state index in [1.54, 1.807) is 0 Å². The van der Waals surface area contributed by atoms with Crippen molar-refractivity contribution in [3.8, 4) is 0 Å². The molecule has 108 valence electrons. The van der Waals surface area contributed by atoms with Gasteiger partial charge in [-0.2, -0.15) is 0 Å². The molecule has 2 aliphatic rings. The van der Waals surface area contributed by atoms with Crippen LogP contribution in [0.15, 0.2) is 65.8 Å². The van der Waals surface area contributed by atoms with E-state index in [2.05, 4.69) is 73.6 Å². The fraction of sp³-hybridized carbons (Fsp3) is 0.300. The molecule has 1 aromatic rings. The number of hydrogen-bond donors (Lipinski definition) is 0. The molecule has 21 heavy (non-hydrogen) atoms. The molecule has 1 aromatic carbocycles. The van der Waals surface area contributed by atoms with E-state index in [0.29, 0.717) is 0 Å². The molecule has 0 bridgehead atoms. The molecule has 2 aliphatic carbocycles. The summed E-state index contributed by atoms with van der Waals surface area (Å²) in [5.41, 5.74) is 7.16. The van der Waals surface area contributed by atoms with Crippen LogP contribution in [-0.2, 0) is 6.42 Å². The van der Waals surface area contributed by atoms with Gasteiger partial charge in [-0.1, -0.05) is 54.6 Å². The van der Waals surface area contributed by atoms with Crippen LogP contribution in [0.5, 0.6) is 0 Å². The molecule has 0 radical (unpaired) electrons. The van der Waals surface area contributed by atoms with E-state index in [0.717, 1.165) is 25.8 Å². The summed E-state index contributed by atoms with van der Waals surface area (Å²) in [5, 5.41) is 0. The Balaban J connectivity index is 2.04. The molecule has 0 spiro atoms. The van der Waals surface area contributed by atoms with Crippen molar-refractivity contribution < 1.29 is 0 Å². The number of allylic oxidation sites excluding steroid dienone is 7. The monoisotopic (exact) mass is 277 g/mol. The first kappa shape index (κ1) is 14.1. The minimum Gasteiger partial charge on any atom is -0.309 e. The van der Waals surface area contributed by atoms with E-state index in [1.807, 2.05) is 0 Å². The Morgan fingerprint density at radius 1 is 1.14 bits per heavy atom. The van der Waals surface area contributed by atoms with Gasteiger partial charge in [0, 0.05) is 6.54 Å². The van der Waals surface area contributed by atoms with Crippen LogP contribution in [0.25, 0.3) is 5.57 Å². The largest absolute Gasteiger partial charge is 0.309 e. The van der Waals surface area contributed by atoms with Gasteiger partial charge in [0.1, 0.15) is 0 Å². The molecule has 0 saturated heterocycles. The van der Waals surface area contributed by atoms with Gasteiger partial charge >= 0.3 is 0 Å². The van der Waals surface area contributed by atoms with Gasteiger partial charge in [0.2, 0.25) is 0 Å². The Bertz CT molecular complexity index is 642. The third-order valence-electron chi connectivity index (χ3n) is 4.17. The molecule has 0 N–H and O–H groups in total. The summed E-state index contributed by atoms with van der Waals surface area (Å²) in [6.45, 7) is 1.09. The van der Waals surface area contributed by atoms with Gasteiger partial charge < -0.3 is 4.90 Å². The van der Waals surface area contributed by atoms with Crippen molar-refractivity contribution in [1.29, 1.82) is 0 Å². The molecule has 0 aliphatic heterocycles. The molecular formula is C20H23N. The average Bonchev–Trinajstić information content (AvgIpc) is 2.65. The van der Waals surface area contributed by atoms with Crippen LogP contribution < -0.4 is 0 Å². The molecule has 3 rings (SSSR count). The molecule has 1 nitrogen and oxygen atoms in total. The van der Waals surface area contributed by atoms with Crippen molar-refractivity contribution >= 4 is 5.57 Å². The fourth-order valence-corrected chi connectivity index (χ4v) is 3.06. The predicted molar refractivity (Wildman–Crippen MR) is 91.2 cm³/mol. The fourth-order valence-electron chi connectivity index (χ4n) is 3.06. The predicted octanol–water partition coefficient (Wildman–Crippen LogP) is 4.39. The number of benzene rings is 1. The first-order valence-electron chi connectivity index (χ1n) is 7.75. The Hall–Kier alpha value is -1.86. The maximum absolute atomic E-state index is 2.42. The second-order valence-electron chi connectivity index (χ2n) is 6.01. The normalized spacial score (nSPS) is 18.9. The Morgan fingerprint density at radius 3 is 2.86 bits per heavy atom. The summed E-state index contributed by atoms with van der Waals surface area (Å²) in [4.78, 5) is 2.24. The van der Waals surface area contributed by atoms with E-state index >= 15 is 0 Å². The number of nitrogens with zero attached hydrogens (tertiary/aromatic N) is 1. The third-order valence-corrected chi connectivity index (χ3v) is 4.17. The smallest absolute Gasteiger partial charge is 0.00101 e. The van der Waals surface area contributed by atoms with Crippen LogP contribution in [0.2, 0.25) is 0 Å². The van der Waals surface area contributed by atoms with E-state index in [1.165, 1.54) is 27.8 Å². The Morgan fingerprint density at radius 2 is 2.00 bits per heavy atom. The Kier molecular flexibility index (Phi) is 4.21. The molecule has 0 unspecified atom stereocenters. The highest BCUT2D eigenvalue weighted by Gasteiger charge is 2.18. The van der Waals surface area contributed by atoms with Crippen LogP contribution in [0.3, 0.4) is 0 Å². The van der Waals surface area contributed by atoms with Crippen molar-refractivity contribution in [3.05, 3.63) is 76.9 Å². The average molecular weight is 277 g/mol. The summed E-state index contributed by atoms with van der Waals surface area (Å²) in [6, 6.07) is 8.84. The zero-order chi connectivity index (χ0) is 14.7. The van der Waals surface area contributed by atoms with E-state index in [9.17, 15) is 0 Å². The van der Waals surface area contributed by atoms with E-state index in [-0.39, 0.29) is 0 Å². The lowest BCUT2D eigenvalue weighted by atomic mass is 9.88. The van der Waals surface area contributed by atoms with Gasteiger partial charge in [0.15, 0.2) is 0 Å². The van der Waals surface area contributed by atoms with Gasteiger partial charge in [-0.05, 0) is 61.2 Å². The standard InChI is InChI=1S/C20H23N/c1-21(2)15-7-12-20-18-10-5-3-8-16(18)13-14-17-9-4-6-11-19(17)20/h3-6,8,10-12,14H,7,9,13,15H2,1-2H3. The van der Waals surface area contributed by atoms with Gasteiger partial charge in [-0.25, -0.2) is 0 Å². The van der Waals surface area contributed by atoms with Crippen LogP contribution in [-0.4, -0.2) is 25.5 Å². The highest BCUT2D eigenvalue weighted by molar-refractivity contribution is 5.87. The maximum atomic E-state index is 2.42. The second-order valence-corrected chi connectivity index (χ2v) is 6.01. The van der Waals surface area contributed by atoms with Crippen molar-refractivity contribution in [2.45, 2.75) is 19.3 Å².